The number of rotatable bonds is 7. The van der Waals surface area contributed by atoms with Crippen molar-refractivity contribution in [2.45, 2.75) is 37.8 Å². The number of hydrogen-bond acceptors (Lipinski definition) is 11. The number of aromatic nitrogens is 8. The maximum atomic E-state index is 11.4. The molecule has 0 aliphatic heterocycles. The molecule has 0 atom stereocenters. The lowest BCUT2D eigenvalue weighted by Gasteiger charge is -2.10. The molecule has 5 heterocycles. The molecule has 7 aromatic rings. The van der Waals surface area contributed by atoms with E-state index in [0.717, 1.165) is 54.6 Å². The van der Waals surface area contributed by atoms with Crippen molar-refractivity contribution in [1.82, 2.24) is 39.2 Å². The Morgan fingerprint density at radius 3 is 2.04 bits per heavy atom. The van der Waals surface area contributed by atoms with Crippen LogP contribution in [0.15, 0.2) is 82.8 Å². The molecule has 5 aromatic heterocycles. The lowest BCUT2D eigenvalue weighted by atomic mass is 10.1. The highest BCUT2D eigenvalue weighted by Crippen LogP contribution is 2.29. The van der Waals surface area contributed by atoms with Gasteiger partial charge in [0.25, 0.3) is 0 Å². The van der Waals surface area contributed by atoms with Crippen LogP contribution in [0, 0.1) is 0 Å². The number of phenolic OH excluding ortho intramolecular Hbond substituents is 2. The summed E-state index contributed by atoms with van der Waals surface area (Å²) in [6.07, 6.45) is 9.88. The van der Waals surface area contributed by atoms with E-state index < -0.39 is 5.69 Å². The Morgan fingerprint density at radius 1 is 0.800 bits per heavy atom. The number of anilines is 1. The van der Waals surface area contributed by atoms with Gasteiger partial charge in [-0.2, -0.15) is 19.2 Å². The highest BCUT2D eigenvalue weighted by molar-refractivity contribution is 5.85. The Bertz CT molecular complexity index is 2560. The third-order valence-corrected chi connectivity index (χ3v) is 8.26. The fourth-order valence-electron chi connectivity index (χ4n) is 5.36. The van der Waals surface area contributed by atoms with Crippen molar-refractivity contribution in [3.05, 3.63) is 106 Å². The van der Waals surface area contributed by atoms with Crippen LogP contribution in [0.3, 0.4) is 0 Å². The van der Waals surface area contributed by atoms with E-state index in [1.165, 1.54) is 6.20 Å². The van der Waals surface area contributed by atoms with Crippen molar-refractivity contribution in [2.75, 3.05) is 5.32 Å². The molecule has 9 rings (SSSR count). The quantitative estimate of drug-likeness (QED) is 0.137. The van der Waals surface area contributed by atoms with Crippen molar-refractivity contribution >= 4 is 29.5 Å². The van der Waals surface area contributed by atoms with Gasteiger partial charge in [0.15, 0.2) is 23.1 Å². The minimum absolute atomic E-state index is 0.179. The van der Waals surface area contributed by atoms with Gasteiger partial charge in [-0.15, -0.1) is 0 Å². The molecule has 0 amide bonds. The molecule has 0 radical (unpaired) electrons. The van der Waals surface area contributed by atoms with Crippen molar-refractivity contribution < 1.29 is 20.1 Å². The van der Waals surface area contributed by atoms with E-state index in [9.17, 15) is 24.9 Å². The average molecular weight is 671 g/mol. The number of carbonyl (C=O) groups excluding carboxylic acids is 1. The molecule has 15 nitrogen and oxygen atoms in total. The molecular weight excluding hydrogens is 640 g/mol. The summed E-state index contributed by atoms with van der Waals surface area (Å²) < 4.78 is 3.31. The van der Waals surface area contributed by atoms with E-state index >= 15 is 0 Å². The third kappa shape index (κ3) is 6.26. The fraction of sp³-hybridized carbons (Fsp3) is 0.171. The van der Waals surface area contributed by atoms with Crippen LogP contribution in [0.4, 0.5) is 5.82 Å². The predicted molar refractivity (Wildman–Crippen MR) is 183 cm³/mol. The number of aldehydes is 1. The Morgan fingerprint density at radius 2 is 1.44 bits per heavy atom. The maximum absolute atomic E-state index is 11.4. The van der Waals surface area contributed by atoms with Crippen molar-refractivity contribution in [2.24, 2.45) is 4.99 Å². The standard InChI is InChI=1S/C19H16N6O3.C16H14N4O2/c26-13-5-1-10(2-6-13)14-8-16(21-12-3-4-12)25-17(22-14)11(9-20-25)7-15-18(27)24-19(28)23-15;21-9-11-8-17-20-15(18-12-3-4-12)7-14(19-16(11)20)10-1-5-13(22)6-2-10/h1-2,5-9,12,26-27H,3-4H2,(H2,23,24,28);1-2,5-9,12,18,22H,3-4H2. The molecule has 2 fully saturated rings. The molecule has 2 aliphatic rings. The van der Waals surface area contributed by atoms with Gasteiger partial charge in [-0.3, -0.25) is 14.8 Å². The number of aromatic hydroxyl groups is 3. The van der Waals surface area contributed by atoms with Crippen molar-refractivity contribution in [3.8, 4) is 39.9 Å². The summed E-state index contributed by atoms with van der Waals surface area (Å²) >= 11 is 0. The second-order valence-electron chi connectivity index (χ2n) is 12.2. The number of carbonyl (C=O) groups is 1. The molecular formula is C35H30N10O5. The molecule has 0 spiro atoms. The van der Waals surface area contributed by atoms with E-state index in [0.29, 0.717) is 45.3 Å². The summed E-state index contributed by atoms with van der Waals surface area (Å²) in [6.45, 7) is 0. The number of hydrogen-bond donors (Lipinski definition) is 6. The first kappa shape index (κ1) is 30.6. The van der Waals surface area contributed by atoms with Gasteiger partial charge in [-0.1, -0.05) is 0 Å². The predicted octanol–water partition coefficient (Wildman–Crippen LogP) is 2.92. The van der Waals surface area contributed by atoms with E-state index in [-0.39, 0.29) is 23.1 Å². The first-order chi connectivity index (χ1) is 24.3. The normalized spacial score (nSPS) is 15.0. The fourth-order valence-corrected chi connectivity index (χ4v) is 5.36. The molecule has 15 heteroatoms. The van der Waals surface area contributed by atoms with Gasteiger partial charge in [-0.05, 0) is 80.3 Å². The second kappa shape index (κ2) is 12.4. The Labute approximate surface area is 282 Å². The summed E-state index contributed by atoms with van der Waals surface area (Å²) in [4.78, 5) is 41.3. The monoisotopic (exact) mass is 670 g/mol. The largest absolute Gasteiger partial charge is 0.508 e. The number of imidazole rings is 1. The highest BCUT2D eigenvalue weighted by atomic mass is 16.3. The van der Waals surface area contributed by atoms with Gasteiger partial charge >= 0.3 is 5.69 Å². The summed E-state index contributed by atoms with van der Waals surface area (Å²) in [7, 11) is 0. The van der Waals surface area contributed by atoms with Gasteiger partial charge in [0.2, 0.25) is 5.88 Å². The smallest absolute Gasteiger partial charge is 0.326 e. The van der Waals surface area contributed by atoms with Crippen molar-refractivity contribution in [3.63, 3.8) is 0 Å². The summed E-state index contributed by atoms with van der Waals surface area (Å²) in [5.41, 5.74) is 5.10. The third-order valence-electron chi connectivity index (χ3n) is 8.26. The van der Waals surface area contributed by atoms with Crippen LogP contribution >= 0.6 is 0 Å². The van der Waals surface area contributed by atoms with Gasteiger partial charge in [-0.25, -0.2) is 14.8 Å². The van der Waals surface area contributed by atoms with Gasteiger partial charge in [0.1, 0.15) is 23.0 Å². The Balaban J connectivity index is 0.000000149. The molecule has 2 aromatic carbocycles. The van der Waals surface area contributed by atoms with Crippen LogP contribution in [0.2, 0.25) is 0 Å². The van der Waals surface area contributed by atoms with Crippen LogP contribution in [0.5, 0.6) is 17.4 Å². The number of phenols is 2. The van der Waals surface area contributed by atoms with Gasteiger partial charge < -0.3 is 25.6 Å². The summed E-state index contributed by atoms with van der Waals surface area (Å²) in [5.74, 6) is 0.961. The Kier molecular flexibility index (Phi) is 7.55. The topological polar surface area (TPSA) is 211 Å². The highest BCUT2D eigenvalue weighted by Gasteiger charge is 2.23. The van der Waals surface area contributed by atoms with Crippen LogP contribution < -0.4 is 21.7 Å². The number of fused-ring (bicyclic) bond motifs is 2. The zero-order valence-electron chi connectivity index (χ0n) is 26.4. The van der Waals surface area contributed by atoms with E-state index in [2.05, 4.69) is 30.5 Å². The zero-order chi connectivity index (χ0) is 34.4. The minimum Gasteiger partial charge on any atom is -0.508 e. The molecule has 2 aliphatic carbocycles. The minimum atomic E-state index is -0.498. The van der Waals surface area contributed by atoms with Crippen molar-refractivity contribution in [1.29, 1.82) is 0 Å². The van der Waals surface area contributed by atoms with Crippen LogP contribution in [0.25, 0.3) is 39.9 Å². The molecule has 0 bridgehead atoms. The number of benzene rings is 2. The number of H-pyrrole nitrogens is 2. The van der Waals surface area contributed by atoms with Crippen LogP contribution in [-0.2, 0) is 0 Å². The zero-order valence-corrected chi connectivity index (χ0v) is 26.4. The maximum Gasteiger partial charge on any atom is 0.326 e. The molecule has 0 unspecified atom stereocenters. The SMILES string of the molecule is O=Cc1cnn2c(NC3CC3)cc(-c3ccc(O)cc3)nc12.O=c1[nH]c(O)c(C=c2cnn3c(=NC4CC4)cc(-c4ccc(O)cc4)nc23)[nH]1. The molecule has 6 N–H and O–H groups in total. The summed E-state index contributed by atoms with van der Waals surface area (Å²) in [6, 6.07) is 18.1. The number of nitrogens with one attached hydrogen (secondary N) is 3. The van der Waals surface area contributed by atoms with E-state index in [1.807, 2.05) is 12.1 Å². The van der Waals surface area contributed by atoms with E-state index in [1.54, 1.807) is 69.8 Å². The first-order valence-electron chi connectivity index (χ1n) is 16.0. The second-order valence-corrected chi connectivity index (χ2v) is 12.2. The lowest BCUT2D eigenvalue weighted by molar-refractivity contribution is 0.112. The lowest BCUT2D eigenvalue weighted by Crippen LogP contribution is -2.19. The summed E-state index contributed by atoms with van der Waals surface area (Å²) in [5, 5.41) is 41.5. The van der Waals surface area contributed by atoms with Crippen LogP contribution in [0.1, 0.15) is 41.7 Å². The first-order valence-corrected chi connectivity index (χ1v) is 16.0. The molecule has 0 saturated heterocycles. The van der Waals surface area contributed by atoms with E-state index in [4.69, 9.17) is 9.98 Å². The molecule has 50 heavy (non-hydrogen) atoms. The molecule has 2 saturated carbocycles. The van der Waals surface area contributed by atoms with Crippen LogP contribution in [-0.4, -0.2) is 72.9 Å². The number of aromatic amines is 2. The average Bonchev–Trinajstić information content (AvgIpc) is 4.00. The Hall–Kier alpha value is -6.77. The van der Waals surface area contributed by atoms with Gasteiger partial charge in [0, 0.05) is 34.5 Å². The number of nitrogens with zero attached hydrogens (tertiary/aromatic N) is 7. The molecule has 250 valence electrons. The van der Waals surface area contributed by atoms with Gasteiger partial charge in [0.05, 0.1) is 35.4 Å².